The van der Waals surface area contributed by atoms with Gasteiger partial charge in [-0.3, -0.25) is 4.79 Å². The van der Waals surface area contributed by atoms with Crippen molar-refractivity contribution in [1.82, 2.24) is 9.97 Å². The second kappa shape index (κ2) is 5.07. The SMILES string of the molecule is Cc1nc(-c2ccc(Cl)c(Br)c2)[nH]c(=O)c1I. The Morgan fingerprint density at radius 3 is 2.76 bits per heavy atom. The number of aromatic amines is 1. The third kappa shape index (κ3) is 2.71. The third-order valence-corrected chi connectivity index (χ3v) is 4.71. The number of nitrogens with one attached hydrogen (secondary N) is 1. The van der Waals surface area contributed by atoms with E-state index in [-0.39, 0.29) is 5.56 Å². The molecule has 1 aromatic heterocycles. The highest BCUT2D eigenvalue weighted by Crippen LogP contribution is 2.27. The van der Waals surface area contributed by atoms with Gasteiger partial charge in [-0.1, -0.05) is 11.6 Å². The molecule has 1 aromatic carbocycles. The average molecular weight is 425 g/mol. The molecule has 3 nitrogen and oxygen atoms in total. The quantitative estimate of drug-likeness (QED) is 0.708. The van der Waals surface area contributed by atoms with E-state index in [0.717, 1.165) is 15.7 Å². The number of halogens is 3. The molecule has 1 heterocycles. The van der Waals surface area contributed by atoms with Gasteiger partial charge in [0.25, 0.3) is 5.56 Å². The summed E-state index contributed by atoms with van der Waals surface area (Å²) in [5.74, 6) is 0.547. The zero-order valence-electron chi connectivity index (χ0n) is 8.72. The topological polar surface area (TPSA) is 45.8 Å². The Labute approximate surface area is 125 Å². The second-order valence-electron chi connectivity index (χ2n) is 3.44. The normalized spacial score (nSPS) is 10.6. The predicted molar refractivity (Wildman–Crippen MR) is 80.5 cm³/mol. The molecule has 88 valence electrons. The van der Waals surface area contributed by atoms with Crippen LogP contribution in [0, 0.1) is 10.5 Å². The van der Waals surface area contributed by atoms with Gasteiger partial charge >= 0.3 is 0 Å². The van der Waals surface area contributed by atoms with Gasteiger partial charge in [0, 0.05) is 10.0 Å². The van der Waals surface area contributed by atoms with Gasteiger partial charge in [0.2, 0.25) is 0 Å². The highest BCUT2D eigenvalue weighted by Gasteiger charge is 2.08. The molecule has 0 aliphatic heterocycles. The summed E-state index contributed by atoms with van der Waals surface area (Å²) < 4.78 is 1.38. The summed E-state index contributed by atoms with van der Waals surface area (Å²) in [7, 11) is 0. The van der Waals surface area contributed by atoms with Crippen molar-refractivity contribution in [2.24, 2.45) is 0 Å². The Balaban J connectivity index is 2.61. The van der Waals surface area contributed by atoms with Gasteiger partial charge in [0.1, 0.15) is 5.82 Å². The molecule has 0 saturated heterocycles. The molecule has 2 aromatic rings. The summed E-state index contributed by atoms with van der Waals surface area (Å²) in [4.78, 5) is 18.7. The van der Waals surface area contributed by atoms with Gasteiger partial charge in [-0.2, -0.15) is 0 Å². The van der Waals surface area contributed by atoms with Gasteiger partial charge in [0.05, 0.1) is 14.3 Å². The summed E-state index contributed by atoms with van der Waals surface area (Å²) in [6, 6.07) is 5.40. The number of aromatic nitrogens is 2. The molecule has 0 fully saturated rings. The van der Waals surface area contributed by atoms with Crippen molar-refractivity contribution in [2.75, 3.05) is 0 Å². The zero-order chi connectivity index (χ0) is 12.6. The van der Waals surface area contributed by atoms with Crippen LogP contribution in [0.4, 0.5) is 0 Å². The van der Waals surface area contributed by atoms with Crippen LogP contribution >= 0.6 is 50.1 Å². The molecule has 0 saturated carbocycles. The molecule has 0 aliphatic carbocycles. The lowest BCUT2D eigenvalue weighted by molar-refractivity contribution is 1.05. The first kappa shape index (κ1) is 13.0. The van der Waals surface area contributed by atoms with Gasteiger partial charge in [-0.15, -0.1) is 0 Å². The lowest BCUT2D eigenvalue weighted by Gasteiger charge is -2.04. The van der Waals surface area contributed by atoms with E-state index < -0.39 is 0 Å². The number of hydrogen-bond donors (Lipinski definition) is 1. The summed E-state index contributed by atoms with van der Waals surface area (Å²) in [6.07, 6.45) is 0. The van der Waals surface area contributed by atoms with Crippen molar-refractivity contribution in [3.63, 3.8) is 0 Å². The third-order valence-electron chi connectivity index (χ3n) is 2.22. The van der Waals surface area contributed by atoms with E-state index in [9.17, 15) is 4.79 Å². The maximum absolute atomic E-state index is 11.6. The Hall–Kier alpha value is -0.400. The highest BCUT2D eigenvalue weighted by atomic mass is 127. The van der Waals surface area contributed by atoms with Gasteiger partial charge in [0.15, 0.2) is 0 Å². The molecule has 2 rings (SSSR count). The fraction of sp³-hybridized carbons (Fsp3) is 0.0909. The van der Waals surface area contributed by atoms with Crippen LogP contribution in [-0.2, 0) is 0 Å². The number of benzene rings is 1. The summed E-state index contributed by atoms with van der Waals surface area (Å²) in [5.41, 5.74) is 1.41. The monoisotopic (exact) mass is 424 g/mol. The van der Waals surface area contributed by atoms with Gasteiger partial charge in [-0.05, 0) is 63.6 Å². The fourth-order valence-electron chi connectivity index (χ4n) is 1.35. The van der Waals surface area contributed by atoms with E-state index in [1.165, 1.54) is 0 Å². The molecule has 0 bridgehead atoms. The van der Waals surface area contributed by atoms with E-state index in [1.54, 1.807) is 6.07 Å². The Kier molecular flexibility index (Phi) is 3.89. The first-order valence-corrected chi connectivity index (χ1v) is 6.96. The molecule has 6 heteroatoms. The fourth-order valence-corrected chi connectivity index (χ4v) is 2.10. The molecule has 17 heavy (non-hydrogen) atoms. The van der Waals surface area contributed by atoms with Crippen LogP contribution in [0.5, 0.6) is 0 Å². The maximum Gasteiger partial charge on any atom is 0.264 e. The molecular formula is C11H7BrClIN2O. The molecule has 0 atom stereocenters. The Morgan fingerprint density at radius 2 is 2.18 bits per heavy atom. The molecule has 1 N–H and O–H groups in total. The van der Waals surface area contributed by atoms with Gasteiger partial charge < -0.3 is 4.98 Å². The van der Waals surface area contributed by atoms with Crippen LogP contribution < -0.4 is 5.56 Å². The molecule has 0 spiro atoms. The lowest BCUT2D eigenvalue weighted by atomic mass is 10.2. The predicted octanol–water partition coefficient (Wildman–Crippen LogP) is 3.77. The van der Waals surface area contributed by atoms with Crippen LogP contribution in [0.2, 0.25) is 5.02 Å². The molecule has 0 radical (unpaired) electrons. The molecular weight excluding hydrogens is 418 g/mol. The van der Waals surface area contributed by atoms with Crippen molar-refractivity contribution in [3.05, 3.63) is 47.3 Å². The van der Waals surface area contributed by atoms with Crippen LogP contribution in [0.3, 0.4) is 0 Å². The number of nitrogens with zero attached hydrogens (tertiary/aromatic N) is 1. The summed E-state index contributed by atoms with van der Waals surface area (Å²) >= 11 is 11.2. The van der Waals surface area contributed by atoms with Crippen LogP contribution in [-0.4, -0.2) is 9.97 Å². The summed E-state index contributed by atoms with van der Waals surface area (Å²) in [6.45, 7) is 1.81. The smallest absolute Gasteiger partial charge is 0.264 e. The largest absolute Gasteiger partial charge is 0.306 e. The van der Waals surface area contributed by atoms with Crippen LogP contribution in [0.25, 0.3) is 11.4 Å². The first-order valence-electron chi connectivity index (χ1n) is 4.71. The van der Waals surface area contributed by atoms with Crippen molar-refractivity contribution in [2.45, 2.75) is 6.92 Å². The minimum atomic E-state index is -0.126. The average Bonchev–Trinajstić information content (AvgIpc) is 2.29. The Morgan fingerprint density at radius 1 is 1.47 bits per heavy atom. The van der Waals surface area contributed by atoms with Crippen molar-refractivity contribution in [1.29, 1.82) is 0 Å². The van der Waals surface area contributed by atoms with Crippen molar-refractivity contribution >= 4 is 50.1 Å². The number of rotatable bonds is 1. The molecule has 0 aliphatic rings. The highest BCUT2D eigenvalue weighted by molar-refractivity contribution is 14.1. The number of aryl methyl sites for hydroxylation is 1. The minimum absolute atomic E-state index is 0.126. The lowest BCUT2D eigenvalue weighted by Crippen LogP contribution is -2.14. The maximum atomic E-state index is 11.6. The molecule has 0 unspecified atom stereocenters. The van der Waals surface area contributed by atoms with Crippen LogP contribution in [0.15, 0.2) is 27.5 Å². The number of hydrogen-bond acceptors (Lipinski definition) is 2. The van der Waals surface area contributed by atoms with Crippen molar-refractivity contribution in [3.8, 4) is 11.4 Å². The summed E-state index contributed by atoms with van der Waals surface area (Å²) in [5, 5.41) is 0.623. The van der Waals surface area contributed by atoms with E-state index >= 15 is 0 Å². The number of H-pyrrole nitrogens is 1. The standard InChI is InChI=1S/C11H7BrClIN2O/c1-5-9(14)11(17)16-10(15-5)6-2-3-8(13)7(12)4-6/h2-4H,1H3,(H,15,16,17). The van der Waals surface area contributed by atoms with Gasteiger partial charge in [-0.25, -0.2) is 4.98 Å². The van der Waals surface area contributed by atoms with Crippen molar-refractivity contribution < 1.29 is 0 Å². The van der Waals surface area contributed by atoms with E-state index in [2.05, 4.69) is 25.9 Å². The van der Waals surface area contributed by atoms with E-state index in [1.807, 2.05) is 41.6 Å². The second-order valence-corrected chi connectivity index (χ2v) is 5.78. The first-order chi connectivity index (χ1) is 7.99. The minimum Gasteiger partial charge on any atom is -0.306 e. The molecule has 0 amide bonds. The van der Waals surface area contributed by atoms with E-state index in [0.29, 0.717) is 14.4 Å². The van der Waals surface area contributed by atoms with Crippen LogP contribution in [0.1, 0.15) is 5.69 Å². The van der Waals surface area contributed by atoms with E-state index in [4.69, 9.17) is 11.6 Å². The Bertz CT molecular complexity index is 642. The zero-order valence-corrected chi connectivity index (χ0v) is 13.2.